The number of hydrogen-bond acceptors (Lipinski definition) is 10. The molecule has 0 unspecified atom stereocenters. The van der Waals surface area contributed by atoms with Crippen molar-refractivity contribution < 1.29 is 70.7 Å². The Morgan fingerprint density at radius 2 is 0.449 bits per heavy atom. The van der Waals surface area contributed by atoms with Crippen LogP contribution in [0.1, 0.15) is 168 Å². The van der Waals surface area contributed by atoms with Crippen LogP contribution in [0.15, 0.2) is 146 Å². The topological polar surface area (TPSA) is 158 Å². The summed E-state index contributed by atoms with van der Waals surface area (Å²) in [6.45, 7) is 10.8. The van der Waals surface area contributed by atoms with E-state index < -0.39 is 0 Å². The summed E-state index contributed by atoms with van der Waals surface area (Å²) in [5.41, 5.74) is 9.71. The molecule has 0 amide bonds. The average molecular weight is 1360 g/mol. The molecular weight excluding hydrogens is 1280 g/mol. The Balaban J connectivity index is 0.00000219. The van der Waals surface area contributed by atoms with Crippen LogP contribution in [0.3, 0.4) is 0 Å². The minimum Gasteiger partial charge on any atom is -0.507 e. The van der Waals surface area contributed by atoms with E-state index in [2.05, 4.69) is 75.1 Å². The Morgan fingerprint density at radius 1 is 0.281 bits per heavy atom. The first-order valence-corrected chi connectivity index (χ1v) is 30.6. The number of benzene rings is 8. The van der Waals surface area contributed by atoms with Crippen molar-refractivity contribution in [2.24, 2.45) is 0 Å². The molecule has 0 fully saturated rings. The largest absolute Gasteiger partial charge is 0.507 e. The number of aliphatic hydroxyl groups excluding tert-OH is 2. The number of unbranched alkanes of at least 4 members (excludes halogenated alkanes) is 4. The van der Waals surface area contributed by atoms with Gasteiger partial charge in [0.2, 0.25) is 0 Å². The molecule has 0 atom stereocenters. The van der Waals surface area contributed by atoms with Gasteiger partial charge in [0.15, 0.2) is 0 Å². The number of rotatable bonds is 17. The number of fused-ring (bicyclic) bond motifs is 8. The van der Waals surface area contributed by atoms with Gasteiger partial charge in [-0.25, -0.2) is 0 Å². The van der Waals surface area contributed by atoms with E-state index in [-0.39, 0.29) is 83.0 Å². The van der Waals surface area contributed by atoms with Crippen LogP contribution < -0.4 is 18.9 Å². The second-order valence-electron chi connectivity index (χ2n) is 21.6. The Hall–Kier alpha value is -8.99. The third kappa shape index (κ3) is 20.3. The molecule has 456 valence electrons. The molecule has 8 bridgehead atoms. The van der Waals surface area contributed by atoms with Crippen molar-refractivity contribution in [2.45, 2.75) is 105 Å². The maximum absolute atomic E-state index is 12.5. The molecular formula is C78H78O10W. The molecule has 11 heteroatoms. The fourth-order valence-electron chi connectivity index (χ4n) is 9.68. The van der Waals surface area contributed by atoms with E-state index in [0.717, 1.165) is 96.6 Å². The van der Waals surface area contributed by atoms with Crippen molar-refractivity contribution in [3.8, 4) is 93.4 Å². The fourth-order valence-corrected chi connectivity index (χ4v) is 9.68. The quantitative estimate of drug-likeness (QED) is 0.0383. The molecule has 1 aliphatic carbocycles. The minimum absolute atomic E-state index is 0. The Bertz CT molecular complexity index is 3280. The number of phenols is 4. The van der Waals surface area contributed by atoms with Crippen molar-refractivity contribution in [3.05, 3.63) is 235 Å². The van der Waals surface area contributed by atoms with Crippen molar-refractivity contribution in [1.82, 2.24) is 0 Å². The van der Waals surface area contributed by atoms with Crippen LogP contribution in [0.4, 0.5) is 0 Å². The van der Waals surface area contributed by atoms with Crippen LogP contribution >= 0.6 is 0 Å². The van der Waals surface area contributed by atoms with Crippen molar-refractivity contribution >= 4 is 0 Å². The minimum atomic E-state index is -0.125. The van der Waals surface area contributed by atoms with Crippen LogP contribution in [-0.2, 0) is 46.7 Å². The van der Waals surface area contributed by atoms with E-state index in [1.54, 1.807) is 0 Å². The van der Waals surface area contributed by atoms with Gasteiger partial charge in [-0.1, -0.05) is 101 Å². The number of phenolic OH excluding ortho intramolecular Hbond substituents is 4. The summed E-state index contributed by atoms with van der Waals surface area (Å²) in [6, 6.07) is 45.5. The van der Waals surface area contributed by atoms with Gasteiger partial charge in [0.1, 0.15) is 46.0 Å². The second kappa shape index (κ2) is 35.1. The van der Waals surface area contributed by atoms with Gasteiger partial charge in [-0.3, -0.25) is 0 Å². The molecule has 1 aliphatic rings. The molecule has 89 heavy (non-hydrogen) atoms. The fraction of sp³-hybridized carbons (Fsp3) is 0.282. The molecule has 0 aromatic heterocycles. The first kappa shape index (κ1) is 67.5. The Kier molecular flexibility index (Phi) is 26.6. The van der Waals surface area contributed by atoms with Gasteiger partial charge in [0.25, 0.3) is 0 Å². The Morgan fingerprint density at radius 3 is 0.607 bits per heavy atom. The molecule has 0 radical (unpaired) electrons. The van der Waals surface area contributed by atoms with E-state index >= 15 is 0 Å². The van der Waals surface area contributed by atoms with E-state index in [1.807, 2.05) is 146 Å². The number of aromatic hydroxyl groups is 4. The average Bonchev–Trinajstić information content (AvgIpc) is 1.43. The summed E-state index contributed by atoms with van der Waals surface area (Å²) in [6.07, 6.45) is 8.39. The van der Waals surface area contributed by atoms with Gasteiger partial charge < -0.3 is 49.6 Å². The molecule has 9 rings (SSSR count). The van der Waals surface area contributed by atoms with Crippen LogP contribution in [0.5, 0.6) is 46.0 Å². The molecule has 0 saturated carbocycles. The van der Waals surface area contributed by atoms with E-state index in [9.17, 15) is 20.4 Å². The molecule has 8 aromatic rings. The van der Waals surface area contributed by atoms with Crippen molar-refractivity contribution in [3.63, 3.8) is 0 Å². The maximum atomic E-state index is 12.5. The second-order valence-corrected chi connectivity index (χ2v) is 21.6. The third-order valence-electron chi connectivity index (χ3n) is 14.6. The van der Waals surface area contributed by atoms with Gasteiger partial charge in [0, 0.05) is 91.3 Å². The standard InChI is InChI=1S/C76H72O8.C2H6O2.W/c1-5-9-37-81-69-29-21-53(22-30-69)13-17-57-41-61-49-63-43-58(18-14-54-23-31-70(32-24-54)82-38-10-6-2)45-65(74(63)78)51-67-47-60(20-16-56-27-35-72(36-28-56)84-40-12-8-4)48-68(76(67)80)52-66-46-59(44-64(75(66)79)50-62(42-57)73(61)77)19-15-55-25-33-71(34-26-55)83-39-11-7-3;3-1-2-4;/h21-36,41-48,77-80H,5-12,37-40,49-52H2,1-4H3;3-4H,1-2H2;. The van der Waals surface area contributed by atoms with E-state index in [4.69, 9.17) is 29.2 Å². The molecule has 0 aliphatic heterocycles. The van der Waals surface area contributed by atoms with Gasteiger partial charge >= 0.3 is 0 Å². The normalized spacial score (nSPS) is 11.0. The molecule has 0 heterocycles. The zero-order valence-corrected chi connectivity index (χ0v) is 54.2. The predicted octanol–water partition coefficient (Wildman–Crippen LogP) is 14.5. The van der Waals surface area contributed by atoms with Crippen LogP contribution in [0, 0.1) is 47.4 Å². The maximum Gasteiger partial charge on any atom is 0.122 e. The summed E-state index contributed by atoms with van der Waals surface area (Å²) in [5, 5.41) is 65.1. The number of hydrogen-bond donors (Lipinski definition) is 6. The van der Waals surface area contributed by atoms with E-state index in [0.29, 0.717) is 93.2 Å². The van der Waals surface area contributed by atoms with Crippen molar-refractivity contribution in [1.29, 1.82) is 0 Å². The summed E-state index contributed by atoms with van der Waals surface area (Å²) in [5.74, 6) is 29.8. The summed E-state index contributed by atoms with van der Waals surface area (Å²) in [4.78, 5) is 0. The number of ether oxygens (including phenoxy) is 4. The van der Waals surface area contributed by atoms with Crippen LogP contribution in [0.2, 0.25) is 0 Å². The van der Waals surface area contributed by atoms with Crippen molar-refractivity contribution in [2.75, 3.05) is 39.6 Å². The SMILES string of the molecule is CCCCOc1ccc(C#Cc2cc3c(O)c(c2)Cc2cc(C#Cc4ccc(OCCCC)cc4)cc(c2O)Cc2cc(C#Cc4ccc(OCCCC)cc4)cc(c2O)Cc2cc(C#Cc4ccc(OCCCC)cc4)cc(c2O)C3)cc1.OCCO.[W]. The van der Waals surface area contributed by atoms with E-state index in [1.165, 1.54) is 0 Å². The molecule has 0 saturated heterocycles. The molecule has 0 spiro atoms. The predicted molar refractivity (Wildman–Crippen MR) is 349 cm³/mol. The van der Waals surface area contributed by atoms with Gasteiger partial charge in [-0.05, 0) is 216 Å². The molecule has 6 N–H and O–H groups in total. The third-order valence-corrected chi connectivity index (χ3v) is 14.6. The Labute approximate surface area is 539 Å². The summed E-state index contributed by atoms with van der Waals surface area (Å²) in [7, 11) is 0. The molecule has 10 nitrogen and oxygen atoms in total. The van der Waals surface area contributed by atoms with Gasteiger partial charge in [0.05, 0.1) is 39.6 Å². The smallest absolute Gasteiger partial charge is 0.122 e. The number of aliphatic hydroxyl groups is 2. The van der Waals surface area contributed by atoms with Gasteiger partial charge in [-0.2, -0.15) is 0 Å². The van der Waals surface area contributed by atoms with Crippen LogP contribution in [0.25, 0.3) is 0 Å². The molecule has 8 aromatic carbocycles. The van der Waals surface area contributed by atoms with Crippen LogP contribution in [-0.4, -0.2) is 70.3 Å². The zero-order chi connectivity index (χ0) is 62.0. The summed E-state index contributed by atoms with van der Waals surface area (Å²) >= 11 is 0. The first-order chi connectivity index (χ1) is 42.9. The monoisotopic (exact) mass is 1360 g/mol. The summed E-state index contributed by atoms with van der Waals surface area (Å²) < 4.78 is 23.7. The van der Waals surface area contributed by atoms with Gasteiger partial charge in [-0.15, -0.1) is 0 Å². The first-order valence-electron chi connectivity index (χ1n) is 30.6. The zero-order valence-electron chi connectivity index (χ0n) is 51.3.